The fourth-order valence-corrected chi connectivity index (χ4v) is 4.29. The Kier molecular flexibility index (Phi) is 6.01. The summed E-state index contributed by atoms with van der Waals surface area (Å²) in [4.78, 5) is 19.4. The van der Waals surface area contributed by atoms with Crippen molar-refractivity contribution in [1.82, 2.24) is 9.88 Å². The van der Waals surface area contributed by atoms with E-state index >= 15 is 0 Å². The highest BCUT2D eigenvalue weighted by atomic mass is 35.5. The number of halogens is 1. The van der Waals surface area contributed by atoms with Gasteiger partial charge in [0.1, 0.15) is 0 Å². The monoisotopic (exact) mass is 400 g/mol. The number of carbonyl (C=O) groups excluding carboxylic acids is 1. The van der Waals surface area contributed by atoms with E-state index < -0.39 is 0 Å². The van der Waals surface area contributed by atoms with Gasteiger partial charge in [0, 0.05) is 25.4 Å². The van der Waals surface area contributed by atoms with E-state index in [9.17, 15) is 4.79 Å². The van der Waals surface area contributed by atoms with Gasteiger partial charge in [-0.2, -0.15) is 0 Å². The van der Waals surface area contributed by atoms with Crippen molar-refractivity contribution in [1.29, 1.82) is 0 Å². The Morgan fingerprint density at radius 2 is 1.93 bits per heavy atom. The van der Waals surface area contributed by atoms with Crippen molar-refractivity contribution in [2.45, 2.75) is 44.6 Å². The van der Waals surface area contributed by atoms with Crippen molar-refractivity contribution in [2.24, 2.45) is 0 Å². The van der Waals surface area contributed by atoms with Gasteiger partial charge in [-0.1, -0.05) is 24.4 Å². The largest absolute Gasteiger partial charge is 0.489 e. The average molecular weight is 401 g/mol. The molecule has 0 N–H and O–H groups in total. The summed E-state index contributed by atoms with van der Waals surface area (Å²) in [7, 11) is 0. The van der Waals surface area contributed by atoms with Crippen LogP contribution in [0.4, 0.5) is 0 Å². The van der Waals surface area contributed by atoms with Gasteiger partial charge in [-0.05, 0) is 48.2 Å². The highest BCUT2D eigenvalue weighted by Crippen LogP contribution is 2.38. The SMILES string of the molecule is O=C(Cc1cc(Cl)c2c(c1)OCCCO2)N1CCCCC[C@@H]1c1ccncc1. The molecule has 0 aliphatic carbocycles. The Morgan fingerprint density at radius 1 is 1.11 bits per heavy atom. The summed E-state index contributed by atoms with van der Waals surface area (Å²) in [5.74, 6) is 1.34. The van der Waals surface area contributed by atoms with Crippen LogP contribution in [0.15, 0.2) is 36.7 Å². The van der Waals surface area contributed by atoms with Crippen molar-refractivity contribution in [3.8, 4) is 11.5 Å². The summed E-state index contributed by atoms with van der Waals surface area (Å²) in [5.41, 5.74) is 2.01. The molecule has 148 valence electrons. The van der Waals surface area contributed by atoms with Gasteiger partial charge < -0.3 is 14.4 Å². The number of benzene rings is 1. The first-order valence-corrected chi connectivity index (χ1v) is 10.4. The Labute approximate surface area is 170 Å². The molecule has 6 heteroatoms. The third kappa shape index (κ3) is 4.25. The first kappa shape index (κ1) is 19.1. The maximum Gasteiger partial charge on any atom is 0.227 e. The molecular weight excluding hydrogens is 376 g/mol. The van der Waals surface area contributed by atoms with Crippen LogP contribution in [0.5, 0.6) is 11.5 Å². The predicted octanol–water partition coefficient (Wildman–Crippen LogP) is 4.58. The normalized spacial score (nSPS) is 19.6. The van der Waals surface area contributed by atoms with E-state index in [1.807, 2.05) is 29.2 Å². The zero-order chi connectivity index (χ0) is 19.3. The maximum atomic E-state index is 13.2. The highest BCUT2D eigenvalue weighted by molar-refractivity contribution is 6.32. The van der Waals surface area contributed by atoms with Gasteiger partial charge in [-0.15, -0.1) is 0 Å². The Balaban J connectivity index is 1.56. The van der Waals surface area contributed by atoms with Crippen LogP contribution in [0, 0.1) is 0 Å². The lowest BCUT2D eigenvalue weighted by Gasteiger charge is -2.30. The van der Waals surface area contributed by atoms with Gasteiger partial charge >= 0.3 is 0 Å². The number of hydrogen-bond donors (Lipinski definition) is 0. The molecule has 2 aromatic rings. The minimum Gasteiger partial charge on any atom is -0.489 e. The van der Waals surface area contributed by atoms with E-state index in [1.54, 1.807) is 12.4 Å². The number of fused-ring (bicyclic) bond motifs is 1. The number of rotatable bonds is 3. The van der Waals surface area contributed by atoms with Crippen LogP contribution in [-0.4, -0.2) is 35.5 Å². The summed E-state index contributed by atoms with van der Waals surface area (Å²) in [6.07, 6.45) is 9.03. The second kappa shape index (κ2) is 8.82. The van der Waals surface area contributed by atoms with Crippen LogP contribution in [0.2, 0.25) is 5.02 Å². The summed E-state index contributed by atoms with van der Waals surface area (Å²) in [6.45, 7) is 1.97. The number of likely N-dealkylation sites (tertiary alicyclic amines) is 1. The number of carbonyl (C=O) groups is 1. The van der Waals surface area contributed by atoms with Gasteiger partial charge in [0.15, 0.2) is 11.5 Å². The molecule has 1 aromatic carbocycles. The molecule has 0 radical (unpaired) electrons. The number of pyridine rings is 1. The fourth-order valence-electron chi connectivity index (χ4n) is 4.00. The molecule has 5 nitrogen and oxygen atoms in total. The first-order valence-electron chi connectivity index (χ1n) is 10.00. The molecule has 1 atom stereocenters. The Hall–Kier alpha value is -2.27. The van der Waals surface area contributed by atoms with Crippen molar-refractivity contribution >= 4 is 17.5 Å². The lowest BCUT2D eigenvalue weighted by Crippen LogP contribution is -2.35. The molecule has 4 rings (SSSR count). The molecule has 28 heavy (non-hydrogen) atoms. The quantitative estimate of drug-likeness (QED) is 0.756. The molecule has 1 fully saturated rings. The number of nitrogens with zero attached hydrogens (tertiary/aromatic N) is 2. The molecule has 0 unspecified atom stereocenters. The molecule has 0 bridgehead atoms. The van der Waals surface area contributed by atoms with E-state index in [0.29, 0.717) is 36.2 Å². The summed E-state index contributed by atoms with van der Waals surface area (Å²) < 4.78 is 11.5. The fraction of sp³-hybridized carbons (Fsp3) is 0.455. The number of aromatic nitrogens is 1. The van der Waals surface area contributed by atoms with Gasteiger partial charge in [0.2, 0.25) is 5.91 Å². The number of hydrogen-bond acceptors (Lipinski definition) is 4. The summed E-state index contributed by atoms with van der Waals surface area (Å²) in [6, 6.07) is 7.85. The van der Waals surface area contributed by atoms with Crippen LogP contribution in [0.25, 0.3) is 0 Å². The second-order valence-electron chi connectivity index (χ2n) is 7.36. The van der Waals surface area contributed by atoms with Gasteiger partial charge in [-0.25, -0.2) is 0 Å². The van der Waals surface area contributed by atoms with Crippen LogP contribution in [0.3, 0.4) is 0 Å². The number of amides is 1. The van der Waals surface area contributed by atoms with Crippen LogP contribution in [0.1, 0.15) is 49.3 Å². The van der Waals surface area contributed by atoms with E-state index in [4.69, 9.17) is 21.1 Å². The third-order valence-corrected chi connectivity index (χ3v) is 5.66. The highest BCUT2D eigenvalue weighted by Gasteiger charge is 2.27. The number of ether oxygens (including phenoxy) is 2. The zero-order valence-corrected chi connectivity index (χ0v) is 16.7. The topological polar surface area (TPSA) is 51.7 Å². The van der Waals surface area contributed by atoms with Crippen molar-refractivity contribution < 1.29 is 14.3 Å². The van der Waals surface area contributed by atoms with Crippen LogP contribution >= 0.6 is 11.6 Å². The molecule has 1 saturated heterocycles. The molecule has 2 aliphatic heterocycles. The van der Waals surface area contributed by atoms with E-state index in [-0.39, 0.29) is 11.9 Å². The Bertz CT molecular complexity index is 828. The molecular formula is C22H25ClN2O3. The summed E-state index contributed by atoms with van der Waals surface area (Å²) >= 11 is 6.40. The maximum absolute atomic E-state index is 13.2. The molecule has 3 heterocycles. The standard InChI is InChI=1S/C22H25ClN2O3/c23-18-13-16(14-20-22(18)28-12-4-11-27-20)15-21(26)25-10-3-1-2-5-19(25)17-6-8-24-9-7-17/h6-9,13-14,19H,1-5,10-12,15H2/t19-/m1/s1. The lowest BCUT2D eigenvalue weighted by molar-refractivity contribution is -0.132. The van der Waals surface area contributed by atoms with Crippen LogP contribution < -0.4 is 9.47 Å². The van der Waals surface area contributed by atoms with E-state index in [2.05, 4.69) is 4.98 Å². The van der Waals surface area contributed by atoms with E-state index in [1.165, 1.54) is 0 Å². The van der Waals surface area contributed by atoms with Crippen molar-refractivity contribution in [3.63, 3.8) is 0 Å². The lowest BCUT2D eigenvalue weighted by atomic mass is 10.0. The first-order chi connectivity index (χ1) is 13.7. The zero-order valence-electron chi connectivity index (χ0n) is 15.9. The van der Waals surface area contributed by atoms with Gasteiger partial charge in [0.25, 0.3) is 0 Å². The molecule has 1 aromatic heterocycles. The predicted molar refractivity (Wildman–Crippen MR) is 108 cm³/mol. The minimum absolute atomic E-state index is 0.105. The average Bonchev–Trinajstić information content (AvgIpc) is 3.09. The smallest absolute Gasteiger partial charge is 0.227 e. The van der Waals surface area contributed by atoms with Gasteiger partial charge in [0.05, 0.1) is 30.7 Å². The molecule has 0 spiro atoms. The summed E-state index contributed by atoms with van der Waals surface area (Å²) in [5, 5.41) is 0.503. The second-order valence-corrected chi connectivity index (χ2v) is 7.77. The third-order valence-electron chi connectivity index (χ3n) is 5.38. The molecule has 2 aliphatic rings. The molecule has 0 saturated carbocycles. The Morgan fingerprint density at radius 3 is 2.79 bits per heavy atom. The minimum atomic E-state index is 0.105. The molecule has 1 amide bonds. The van der Waals surface area contributed by atoms with Crippen LogP contribution in [-0.2, 0) is 11.2 Å². The van der Waals surface area contributed by atoms with Gasteiger partial charge in [-0.3, -0.25) is 9.78 Å². The van der Waals surface area contributed by atoms with Crippen molar-refractivity contribution in [2.75, 3.05) is 19.8 Å². The van der Waals surface area contributed by atoms with E-state index in [0.717, 1.165) is 49.8 Å². The van der Waals surface area contributed by atoms with Crippen molar-refractivity contribution in [3.05, 3.63) is 52.8 Å².